The summed E-state index contributed by atoms with van der Waals surface area (Å²) in [6.45, 7) is 2.31. The smallest absolute Gasteiger partial charge is 0.238 e. The van der Waals surface area contributed by atoms with Crippen LogP contribution in [-0.4, -0.2) is 29.7 Å². The second kappa shape index (κ2) is 5.50. The van der Waals surface area contributed by atoms with Crippen molar-refractivity contribution in [2.24, 2.45) is 0 Å². The van der Waals surface area contributed by atoms with Gasteiger partial charge in [-0.3, -0.25) is 4.79 Å². The number of carbonyl (C=O) groups excluding carboxylic acids is 1. The van der Waals surface area contributed by atoms with Gasteiger partial charge in [-0.05, 0) is 37.8 Å². The molecule has 0 heterocycles. The molecule has 4 nitrogen and oxygen atoms in total. The molecule has 1 aromatic rings. The molecule has 1 aromatic carbocycles. The third-order valence-corrected chi connectivity index (χ3v) is 3.66. The molecule has 2 rings (SSSR count). The highest BCUT2D eigenvalue weighted by molar-refractivity contribution is 5.92. The van der Waals surface area contributed by atoms with Crippen molar-refractivity contribution in [3.8, 4) is 0 Å². The van der Waals surface area contributed by atoms with E-state index in [1.807, 2.05) is 31.2 Å². The highest BCUT2D eigenvalue weighted by Gasteiger charge is 2.35. The molecule has 0 aliphatic heterocycles. The number of carbonyl (C=O) groups is 1. The van der Waals surface area contributed by atoms with E-state index in [-0.39, 0.29) is 24.6 Å². The number of aliphatic hydroxyl groups excluding tert-OH is 1. The van der Waals surface area contributed by atoms with Crippen LogP contribution in [0, 0.1) is 6.92 Å². The predicted molar refractivity (Wildman–Crippen MR) is 71.5 cm³/mol. The molecule has 1 fully saturated rings. The van der Waals surface area contributed by atoms with E-state index in [4.69, 9.17) is 0 Å². The number of benzene rings is 1. The predicted octanol–water partition coefficient (Wildman–Crippen LogP) is 1.44. The van der Waals surface area contributed by atoms with Crippen LogP contribution >= 0.6 is 0 Å². The van der Waals surface area contributed by atoms with E-state index in [0.717, 1.165) is 30.5 Å². The summed E-state index contributed by atoms with van der Waals surface area (Å²) in [5, 5.41) is 15.3. The summed E-state index contributed by atoms with van der Waals surface area (Å²) in [6, 6.07) is 7.69. The van der Waals surface area contributed by atoms with E-state index in [1.165, 1.54) is 0 Å². The van der Waals surface area contributed by atoms with Gasteiger partial charge in [0.25, 0.3) is 0 Å². The largest absolute Gasteiger partial charge is 0.394 e. The highest BCUT2D eigenvalue weighted by atomic mass is 16.3. The van der Waals surface area contributed by atoms with Crippen molar-refractivity contribution in [2.45, 2.75) is 31.7 Å². The third kappa shape index (κ3) is 2.89. The van der Waals surface area contributed by atoms with Gasteiger partial charge in [-0.1, -0.05) is 18.2 Å². The quantitative estimate of drug-likeness (QED) is 0.739. The van der Waals surface area contributed by atoms with E-state index in [0.29, 0.717) is 0 Å². The van der Waals surface area contributed by atoms with Crippen LogP contribution < -0.4 is 10.6 Å². The lowest BCUT2D eigenvalue weighted by Crippen LogP contribution is -2.55. The molecule has 0 saturated heterocycles. The number of aliphatic hydroxyl groups is 1. The maximum atomic E-state index is 11.8. The number of nitrogens with one attached hydrogen (secondary N) is 2. The van der Waals surface area contributed by atoms with Gasteiger partial charge in [-0.15, -0.1) is 0 Å². The van der Waals surface area contributed by atoms with Crippen LogP contribution in [0.1, 0.15) is 24.8 Å². The standard InChI is InChI=1S/C14H20N2O2/c1-11-5-2-3-6-12(11)16-13(18)9-15-14(10-17)7-4-8-14/h2-3,5-6,15,17H,4,7-10H2,1H3,(H,16,18). The Morgan fingerprint density at radius 3 is 2.67 bits per heavy atom. The van der Waals surface area contributed by atoms with Crippen molar-refractivity contribution in [3.05, 3.63) is 29.8 Å². The second-order valence-electron chi connectivity index (χ2n) is 5.01. The average molecular weight is 248 g/mol. The monoisotopic (exact) mass is 248 g/mol. The van der Waals surface area contributed by atoms with Gasteiger partial charge in [0, 0.05) is 11.2 Å². The zero-order chi connectivity index (χ0) is 13.0. The lowest BCUT2D eigenvalue weighted by molar-refractivity contribution is -0.116. The summed E-state index contributed by atoms with van der Waals surface area (Å²) >= 11 is 0. The van der Waals surface area contributed by atoms with E-state index in [2.05, 4.69) is 10.6 Å². The van der Waals surface area contributed by atoms with E-state index >= 15 is 0 Å². The molecule has 18 heavy (non-hydrogen) atoms. The van der Waals surface area contributed by atoms with Crippen molar-refractivity contribution in [1.82, 2.24) is 5.32 Å². The number of hydrogen-bond acceptors (Lipinski definition) is 3. The van der Waals surface area contributed by atoms with Crippen molar-refractivity contribution < 1.29 is 9.90 Å². The first-order valence-electron chi connectivity index (χ1n) is 6.37. The second-order valence-corrected chi connectivity index (χ2v) is 5.01. The van der Waals surface area contributed by atoms with E-state index in [9.17, 15) is 9.90 Å². The topological polar surface area (TPSA) is 61.4 Å². The molecule has 0 radical (unpaired) electrons. The number of anilines is 1. The maximum Gasteiger partial charge on any atom is 0.238 e. The van der Waals surface area contributed by atoms with E-state index in [1.54, 1.807) is 0 Å². The first-order chi connectivity index (χ1) is 8.65. The average Bonchev–Trinajstić information content (AvgIpc) is 2.31. The first kappa shape index (κ1) is 13.1. The summed E-state index contributed by atoms with van der Waals surface area (Å²) in [6.07, 6.45) is 3.01. The summed E-state index contributed by atoms with van der Waals surface area (Å²) < 4.78 is 0. The SMILES string of the molecule is Cc1ccccc1NC(=O)CNC1(CO)CCC1. The molecule has 1 aliphatic rings. The minimum Gasteiger partial charge on any atom is -0.394 e. The van der Waals surface area contributed by atoms with Crippen LogP contribution in [0.25, 0.3) is 0 Å². The highest BCUT2D eigenvalue weighted by Crippen LogP contribution is 2.30. The molecule has 0 bridgehead atoms. The summed E-state index contributed by atoms with van der Waals surface area (Å²) in [5.74, 6) is -0.0657. The van der Waals surface area contributed by atoms with Gasteiger partial charge >= 0.3 is 0 Å². The molecule has 1 saturated carbocycles. The molecule has 3 N–H and O–H groups in total. The van der Waals surface area contributed by atoms with Crippen LogP contribution in [0.4, 0.5) is 5.69 Å². The van der Waals surface area contributed by atoms with Gasteiger partial charge in [0.15, 0.2) is 0 Å². The van der Waals surface area contributed by atoms with Crippen LogP contribution in [0.5, 0.6) is 0 Å². The Morgan fingerprint density at radius 2 is 2.11 bits per heavy atom. The normalized spacial score (nSPS) is 17.0. The minimum atomic E-state index is -0.219. The molecular weight excluding hydrogens is 228 g/mol. The van der Waals surface area contributed by atoms with Crippen molar-refractivity contribution in [1.29, 1.82) is 0 Å². The molecule has 0 spiro atoms. The Balaban J connectivity index is 1.84. The molecule has 0 aromatic heterocycles. The van der Waals surface area contributed by atoms with Gasteiger partial charge in [0.1, 0.15) is 0 Å². The number of aryl methyl sites for hydroxylation is 1. The molecule has 0 unspecified atom stereocenters. The van der Waals surface area contributed by atoms with Crippen LogP contribution in [0.2, 0.25) is 0 Å². The lowest BCUT2D eigenvalue weighted by atomic mass is 9.77. The molecule has 0 atom stereocenters. The van der Waals surface area contributed by atoms with Gasteiger partial charge in [-0.2, -0.15) is 0 Å². The Morgan fingerprint density at radius 1 is 1.39 bits per heavy atom. The number of rotatable bonds is 5. The Kier molecular flexibility index (Phi) is 3.99. The Labute approximate surface area is 107 Å². The number of para-hydroxylation sites is 1. The lowest BCUT2D eigenvalue weighted by Gasteiger charge is -2.41. The maximum absolute atomic E-state index is 11.8. The third-order valence-electron chi connectivity index (χ3n) is 3.66. The molecular formula is C14H20N2O2. The summed E-state index contributed by atoms with van der Waals surface area (Å²) in [5.41, 5.74) is 1.67. The molecule has 4 heteroatoms. The molecule has 98 valence electrons. The van der Waals surface area contributed by atoms with Crippen molar-refractivity contribution >= 4 is 11.6 Å². The van der Waals surface area contributed by atoms with Gasteiger partial charge in [0.2, 0.25) is 5.91 Å². The van der Waals surface area contributed by atoms with Crippen molar-refractivity contribution in [3.63, 3.8) is 0 Å². The van der Waals surface area contributed by atoms with Crippen LogP contribution in [-0.2, 0) is 4.79 Å². The zero-order valence-electron chi connectivity index (χ0n) is 10.7. The minimum absolute atomic E-state index is 0.0657. The fourth-order valence-corrected chi connectivity index (χ4v) is 2.17. The number of hydrogen-bond donors (Lipinski definition) is 3. The zero-order valence-corrected chi connectivity index (χ0v) is 10.7. The fraction of sp³-hybridized carbons (Fsp3) is 0.500. The first-order valence-corrected chi connectivity index (χ1v) is 6.37. The van der Waals surface area contributed by atoms with E-state index < -0.39 is 0 Å². The molecule has 1 aliphatic carbocycles. The van der Waals surface area contributed by atoms with Gasteiger partial charge in [-0.25, -0.2) is 0 Å². The van der Waals surface area contributed by atoms with Gasteiger partial charge < -0.3 is 15.7 Å². The van der Waals surface area contributed by atoms with Crippen LogP contribution in [0.3, 0.4) is 0 Å². The van der Waals surface area contributed by atoms with Crippen LogP contribution in [0.15, 0.2) is 24.3 Å². The van der Waals surface area contributed by atoms with Gasteiger partial charge in [0.05, 0.1) is 13.2 Å². The number of amides is 1. The Bertz CT molecular complexity index is 422. The fourth-order valence-electron chi connectivity index (χ4n) is 2.17. The van der Waals surface area contributed by atoms with Crippen molar-refractivity contribution in [2.75, 3.05) is 18.5 Å². The molecule has 1 amide bonds. The summed E-state index contributed by atoms with van der Waals surface area (Å²) in [4.78, 5) is 11.8. The summed E-state index contributed by atoms with van der Waals surface area (Å²) in [7, 11) is 0. The Hall–Kier alpha value is -1.39.